The van der Waals surface area contributed by atoms with Crippen molar-refractivity contribution in [3.05, 3.63) is 59.2 Å². The molecule has 1 aromatic heterocycles. The smallest absolute Gasteiger partial charge is 0.356 e. The minimum atomic E-state index is -1.17. The van der Waals surface area contributed by atoms with Crippen LogP contribution in [0.5, 0.6) is 0 Å². The molecule has 1 saturated carbocycles. The van der Waals surface area contributed by atoms with Gasteiger partial charge in [-0.25, -0.2) is 14.8 Å². The summed E-state index contributed by atoms with van der Waals surface area (Å²) in [6, 6.07) is 7.94. The van der Waals surface area contributed by atoms with E-state index in [1.54, 1.807) is 0 Å². The van der Waals surface area contributed by atoms with Gasteiger partial charge in [0, 0.05) is 0 Å². The Labute approximate surface area is 133 Å². The molecule has 2 aromatic rings. The number of carboxylic acids is 1. The number of carboxylic acid groups (broad SMARTS) is 1. The maximum Gasteiger partial charge on any atom is 0.356 e. The fourth-order valence-corrected chi connectivity index (χ4v) is 2.59. The lowest BCUT2D eigenvalue weighted by Crippen LogP contribution is -2.31. The van der Waals surface area contributed by atoms with Crippen LogP contribution in [-0.2, 0) is 0 Å². The van der Waals surface area contributed by atoms with E-state index in [1.165, 1.54) is 6.20 Å². The van der Waals surface area contributed by atoms with Crippen molar-refractivity contribution < 1.29 is 14.7 Å². The molecule has 1 fully saturated rings. The van der Waals surface area contributed by atoms with E-state index in [9.17, 15) is 9.59 Å². The van der Waals surface area contributed by atoms with Gasteiger partial charge in [-0.3, -0.25) is 4.79 Å². The summed E-state index contributed by atoms with van der Waals surface area (Å²) in [7, 11) is 0. The summed E-state index contributed by atoms with van der Waals surface area (Å²) in [5, 5.41) is 11.8. The van der Waals surface area contributed by atoms with E-state index in [2.05, 4.69) is 15.3 Å². The maximum absolute atomic E-state index is 12.4. The zero-order valence-electron chi connectivity index (χ0n) is 12.7. The number of nitrogens with one attached hydrogen (secondary N) is 1. The molecule has 2 N–H and O–H groups in total. The van der Waals surface area contributed by atoms with Gasteiger partial charge in [0.15, 0.2) is 5.69 Å². The number of carbonyl (C=O) groups is 2. The van der Waals surface area contributed by atoms with Gasteiger partial charge in [0.1, 0.15) is 5.69 Å². The molecule has 1 heterocycles. The van der Waals surface area contributed by atoms with Crippen LogP contribution in [0.3, 0.4) is 0 Å². The molecule has 0 spiro atoms. The molecule has 0 radical (unpaired) electrons. The molecule has 0 bridgehead atoms. The highest BCUT2D eigenvalue weighted by atomic mass is 16.4. The number of amides is 1. The third-order valence-electron chi connectivity index (χ3n) is 4.01. The predicted molar refractivity (Wildman–Crippen MR) is 83.1 cm³/mol. The minimum absolute atomic E-state index is 0.0512. The van der Waals surface area contributed by atoms with Crippen LogP contribution in [0, 0.1) is 12.8 Å². The Kier molecular flexibility index (Phi) is 4.06. The second-order valence-corrected chi connectivity index (χ2v) is 5.74. The molecule has 6 nitrogen and oxygen atoms in total. The second kappa shape index (κ2) is 6.16. The Morgan fingerprint density at radius 1 is 1.17 bits per heavy atom. The molecule has 6 heteroatoms. The highest BCUT2D eigenvalue weighted by molar-refractivity contribution is 5.93. The molecule has 1 aliphatic carbocycles. The Morgan fingerprint density at radius 2 is 1.83 bits per heavy atom. The van der Waals surface area contributed by atoms with Crippen LogP contribution in [0.1, 0.15) is 51.0 Å². The second-order valence-electron chi connectivity index (χ2n) is 5.74. The van der Waals surface area contributed by atoms with Crippen molar-refractivity contribution in [2.45, 2.75) is 25.8 Å². The molecule has 1 aromatic carbocycles. The minimum Gasteiger partial charge on any atom is -0.476 e. The predicted octanol–water partition coefficient (Wildman–Crippen LogP) is 2.36. The lowest BCUT2D eigenvalue weighted by atomic mass is 9.97. The Morgan fingerprint density at radius 3 is 2.39 bits per heavy atom. The van der Waals surface area contributed by atoms with Crippen LogP contribution in [0.25, 0.3) is 0 Å². The summed E-state index contributed by atoms with van der Waals surface area (Å²) in [5.41, 5.74) is 2.18. The number of carbonyl (C=O) groups excluding carboxylic acids is 1. The highest BCUT2D eigenvalue weighted by Crippen LogP contribution is 2.41. The number of benzene rings is 1. The molecular formula is C17H17N3O3. The van der Waals surface area contributed by atoms with Crippen LogP contribution < -0.4 is 5.32 Å². The van der Waals surface area contributed by atoms with Gasteiger partial charge in [-0.2, -0.15) is 0 Å². The quantitative estimate of drug-likeness (QED) is 0.884. The van der Waals surface area contributed by atoms with Gasteiger partial charge in [0.25, 0.3) is 5.91 Å². The zero-order valence-corrected chi connectivity index (χ0v) is 12.7. The first kappa shape index (κ1) is 15.1. The Hall–Kier alpha value is -2.76. The number of hydrogen-bond donors (Lipinski definition) is 2. The van der Waals surface area contributed by atoms with E-state index in [0.29, 0.717) is 5.92 Å². The third-order valence-corrected chi connectivity index (χ3v) is 4.01. The monoisotopic (exact) mass is 311 g/mol. The van der Waals surface area contributed by atoms with Gasteiger partial charge in [0.05, 0.1) is 18.4 Å². The average molecular weight is 311 g/mol. The van der Waals surface area contributed by atoms with Gasteiger partial charge >= 0.3 is 5.97 Å². The molecule has 0 saturated heterocycles. The Bertz CT molecular complexity index is 739. The highest BCUT2D eigenvalue weighted by Gasteiger charge is 2.34. The van der Waals surface area contributed by atoms with Crippen molar-refractivity contribution in [3.8, 4) is 0 Å². The van der Waals surface area contributed by atoms with Gasteiger partial charge in [-0.05, 0) is 36.8 Å². The van der Waals surface area contributed by atoms with E-state index in [4.69, 9.17) is 5.11 Å². The van der Waals surface area contributed by atoms with Gasteiger partial charge in [-0.1, -0.05) is 24.3 Å². The van der Waals surface area contributed by atoms with E-state index in [0.717, 1.165) is 30.2 Å². The van der Waals surface area contributed by atoms with Crippen molar-refractivity contribution >= 4 is 11.9 Å². The number of nitrogens with zero attached hydrogens (tertiary/aromatic N) is 2. The van der Waals surface area contributed by atoms with E-state index in [-0.39, 0.29) is 23.3 Å². The molecular weight excluding hydrogens is 294 g/mol. The van der Waals surface area contributed by atoms with E-state index < -0.39 is 5.97 Å². The van der Waals surface area contributed by atoms with Crippen molar-refractivity contribution in [1.82, 2.24) is 15.3 Å². The molecule has 0 aliphatic heterocycles. The maximum atomic E-state index is 12.4. The normalized spacial score (nSPS) is 15.0. The van der Waals surface area contributed by atoms with Crippen molar-refractivity contribution in [2.75, 3.05) is 0 Å². The summed E-state index contributed by atoms with van der Waals surface area (Å²) in [6.45, 7) is 2.03. The van der Waals surface area contributed by atoms with Crippen molar-refractivity contribution in [1.29, 1.82) is 0 Å². The molecule has 1 aliphatic rings. The lowest BCUT2D eigenvalue weighted by Gasteiger charge is -2.20. The van der Waals surface area contributed by atoms with E-state index in [1.807, 2.05) is 31.2 Å². The summed E-state index contributed by atoms with van der Waals surface area (Å²) in [4.78, 5) is 30.8. The summed E-state index contributed by atoms with van der Waals surface area (Å²) < 4.78 is 0. The summed E-state index contributed by atoms with van der Waals surface area (Å²) in [5.74, 6) is -1.07. The van der Waals surface area contributed by atoms with Gasteiger partial charge in [-0.15, -0.1) is 0 Å². The average Bonchev–Trinajstić information content (AvgIpc) is 3.38. The first-order chi connectivity index (χ1) is 11.1. The first-order valence-electron chi connectivity index (χ1n) is 7.48. The van der Waals surface area contributed by atoms with Crippen LogP contribution in [-0.4, -0.2) is 27.0 Å². The Balaban J connectivity index is 1.79. The molecule has 1 amide bonds. The number of aryl methyl sites for hydroxylation is 1. The standard InChI is InChI=1S/C17H17N3O3/c1-10-4-2-3-5-12(10)15(11-6-7-11)20-16(21)13-8-19-14(9-18-13)17(22)23/h2-5,8-9,11,15H,6-7H2,1H3,(H,20,21)(H,22,23). The SMILES string of the molecule is Cc1ccccc1C(NC(=O)c1cnc(C(=O)O)cn1)C1CC1. The van der Waals surface area contributed by atoms with Gasteiger partial charge < -0.3 is 10.4 Å². The largest absolute Gasteiger partial charge is 0.476 e. The molecule has 118 valence electrons. The topological polar surface area (TPSA) is 92.2 Å². The fraction of sp³-hybridized carbons (Fsp3) is 0.294. The fourth-order valence-electron chi connectivity index (χ4n) is 2.59. The lowest BCUT2D eigenvalue weighted by molar-refractivity contribution is 0.0689. The molecule has 1 unspecified atom stereocenters. The van der Waals surface area contributed by atoms with Crippen LogP contribution >= 0.6 is 0 Å². The van der Waals surface area contributed by atoms with Crippen molar-refractivity contribution in [2.24, 2.45) is 5.92 Å². The number of hydrogen-bond acceptors (Lipinski definition) is 4. The number of rotatable bonds is 5. The summed E-state index contributed by atoms with van der Waals surface area (Å²) >= 11 is 0. The first-order valence-corrected chi connectivity index (χ1v) is 7.48. The van der Waals surface area contributed by atoms with Gasteiger partial charge in [0.2, 0.25) is 0 Å². The number of aromatic nitrogens is 2. The van der Waals surface area contributed by atoms with Crippen molar-refractivity contribution in [3.63, 3.8) is 0 Å². The molecule has 3 rings (SSSR count). The number of aromatic carboxylic acids is 1. The molecule has 23 heavy (non-hydrogen) atoms. The van der Waals surface area contributed by atoms with Crippen LogP contribution in [0.15, 0.2) is 36.7 Å². The zero-order chi connectivity index (χ0) is 16.4. The third kappa shape index (κ3) is 3.36. The van der Waals surface area contributed by atoms with Crippen LogP contribution in [0.2, 0.25) is 0 Å². The summed E-state index contributed by atoms with van der Waals surface area (Å²) in [6.07, 6.45) is 4.46. The van der Waals surface area contributed by atoms with E-state index >= 15 is 0 Å². The molecule has 1 atom stereocenters. The van der Waals surface area contributed by atoms with Crippen LogP contribution in [0.4, 0.5) is 0 Å².